The Kier molecular flexibility index (Phi) is 3.92. The Morgan fingerprint density at radius 1 is 1.06 bits per heavy atom. The van der Waals surface area contributed by atoms with E-state index >= 15 is 0 Å². The van der Waals surface area contributed by atoms with Gasteiger partial charge in [0.25, 0.3) is 0 Å². The monoisotopic (exact) mass is 306 g/mol. The van der Waals surface area contributed by atoms with E-state index in [1.165, 1.54) is 11.1 Å². The average molecular weight is 307 g/mol. The van der Waals surface area contributed by atoms with Crippen molar-refractivity contribution >= 4 is 15.9 Å². The third-order valence-corrected chi connectivity index (χ3v) is 3.99. The van der Waals surface area contributed by atoms with Gasteiger partial charge in [-0.25, -0.2) is 0 Å². The molecule has 1 N–H and O–H groups in total. The summed E-state index contributed by atoms with van der Waals surface area (Å²) in [5.74, 6) is 1.00. The van der Waals surface area contributed by atoms with E-state index in [1.54, 1.807) is 24.3 Å². The van der Waals surface area contributed by atoms with Gasteiger partial charge in [-0.05, 0) is 54.8 Å². The van der Waals surface area contributed by atoms with Gasteiger partial charge in [-0.2, -0.15) is 0 Å². The molecule has 0 unspecified atom stereocenters. The first-order valence-corrected chi connectivity index (χ1v) is 6.53. The smallest absolute Gasteiger partial charge is 0.120 e. The first-order chi connectivity index (χ1) is 8.56. The number of aromatic hydroxyl groups is 1. The van der Waals surface area contributed by atoms with Crippen molar-refractivity contribution in [2.45, 2.75) is 20.5 Å². The number of phenolic OH excluding ortho intramolecular Hbond substituents is 1. The fraction of sp³-hybridized carbons (Fsp3) is 0.200. The van der Waals surface area contributed by atoms with E-state index < -0.39 is 0 Å². The maximum Gasteiger partial charge on any atom is 0.120 e. The predicted molar refractivity (Wildman–Crippen MR) is 76.1 cm³/mol. The molecular weight excluding hydrogens is 292 g/mol. The Morgan fingerprint density at radius 2 is 1.61 bits per heavy atom. The summed E-state index contributed by atoms with van der Waals surface area (Å²) in [5, 5.41) is 9.18. The second-order valence-corrected chi connectivity index (χ2v) is 5.12. The van der Waals surface area contributed by atoms with Crippen LogP contribution in [0.2, 0.25) is 0 Å². The van der Waals surface area contributed by atoms with E-state index in [0.29, 0.717) is 6.61 Å². The quantitative estimate of drug-likeness (QED) is 0.913. The first kappa shape index (κ1) is 13.0. The highest BCUT2D eigenvalue weighted by molar-refractivity contribution is 9.10. The van der Waals surface area contributed by atoms with Crippen molar-refractivity contribution in [3.8, 4) is 11.5 Å². The van der Waals surface area contributed by atoms with Crippen LogP contribution in [0.15, 0.2) is 40.9 Å². The topological polar surface area (TPSA) is 29.5 Å². The Morgan fingerprint density at radius 3 is 2.17 bits per heavy atom. The van der Waals surface area contributed by atoms with Gasteiger partial charge in [-0.3, -0.25) is 0 Å². The highest BCUT2D eigenvalue weighted by atomic mass is 79.9. The predicted octanol–water partition coefficient (Wildman–Crippen LogP) is 4.35. The van der Waals surface area contributed by atoms with Crippen LogP contribution in [-0.4, -0.2) is 5.11 Å². The van der Waals surface area contributed by atoms with Crippen molar-refractivity contribution in [1.29, 1.82) is 0 Å². The second-order valence-electron chi connectivity index (χ2n) is 4.33. The summed E-state index contributed by atoms with van der Waals surface area (Å²) in [6.45, 7) is 4.67. The van der Waals surface area contributed by atoms with E-state index in [2.05, 4.69) is 41.9 Å². The third-order valence-electron chi connectivity index (χ3n) is 2.74. The van der Waals surface area contributed by atoms with Crippen LogP contribution in [0.3, 0.4) is 0 Å². The van der Waals surface area contributed by atoms with Crippen LogP contribution >= 0.6 is 15.9 Å². The summed E-state index contributed by atoms with van der Waals surface area (Å²) >= 11 is 3.55. The molecule has 0 spiro atoms. The van der Waals surface area contributed by atoms with E-state index in [4.69, 9.17) is 4.74 Å². The molecule has 2 aromatic rings. The van der Waals surface area contributed by atoms with Crippen molar-refractivity contribution in [2.75, 3.05) is 0 Å². The molecule has 2 nitrogen and oxygen atoms in total. The molecule has 0 aromatic heterocycles. The Bertz CT molecular complexity index is 524. The fourth-order valence-corrected chi connectivity index (χ4v) is 2.06. The van der Waals surface area contributed by atoms with Crippen molar-refractivity contribution in [3.63, 3.8) is 0 Å². The lowest BCUT2D eigenvalue weighted by Crippen LogP contribution is -1.97. The number of hydrogen-bond acceptors (Lipinski definition) is 2. The van der Waals surface area contributed by atoms with Crippen LogP contribution in [0.1, 0.15) is 16.7 Å². The molecule has 0 atom stereocenters. The highest BCUT2D eigenvalue weighted by Gasteiger charge is 2.03. The molecule has 2 rings (SSSR count). The Balaban J connectivity index is 2.08. The van der Waals surface area contributed by atoms with E-state index in [1.807, 2.05) is 0 Å². The number of phenols is 1. The minimum Gasteiger partial charge on any atom is -0.508 e. The summed E-state index contributed by atoms with van der Waals surface area (Å²) in [6.07, 6.45) is 0. The molecule has 0 fully saturated rings. The normalized spacial score (nSPS) is 10.4. The SMILES string of the molecule is Cc1cc(COc2ccc(O)cc2)cc(C)c1Br. The van der Waals surface area contributed by atoms with Crippen LogP contribution in [0.4, 0.5) is 0 Å². The molecule has 0 aliphatic carbocycles. The van der Waals surface area contributed by atoms with Crippen molar-refractivity contribution in [3.05, 3.63) is 57.6 Å². The number of halogens is 1. The lowest BCUT2D eigenvalue weighted by molar-refractivity contribution is 0.305. The summed E-state index contributed by atoms with van der Waals surface area (Å²) in [5.41, 5.74) is 3.56. The van der Waals surface area contributed by atoms with Gasteiger partial charge in [-0.1, -0.05) is 28.1 Å². The molecule has 0 amide bonds. The minimum absolute atomic E-state index is 0.248. The number of hydrogen-bond donors (Lipinski definition) is 1. The van der Waals surface area contributed by atoms with Crippen LogP contribution < -0.4 is 4.74 Å². The van der Waals surface area contributed by atoms with Gasteiger partial charge in [0.2, 0.25) is 0 Å². The zero-order chi connectivity index (χ0) is 13.1. The Labute approximate surface area is 115 Å². The molecule has 0 aliphatic heterocycles. The standard InChI is InChI=1S/C15H15BrO2/c1-10-7-12(8-11(2)15(10)16)9-18-14-5-3-13(17)4-6-14/h3-8,17H,9H2,1-2H3. The van der Waals surface area contributed by atoms with Crippen molar-refractivity contribution < 1.29 is 9.84 Å². The Hall–Kier alpha value is -1.48. The zero-order valence-electron chi connectivity index (χ0n) is 10.4. The average Bonchev–Trinajstić information content (AvgIpc) is 2.35. The number of benzene rings is 2. The minimum atomic E-state index is 0.248. The lowest BCUT2D eigenvalue weighted by atomic mass is 10.1. The molecule has 2 aromatic carbocycles. The molecule has 0 aliphatic rings. The maximum absolute atomic E-state index is 9.18. The van der Waals surface area contributed by atoms with E-state index in [0.717, 1.165) is 15.8 Å². The summed E-state index contributed by atoms with van der Waals surface area (Å²) in [7, 11) is 0. The molecule has 3 heteroatoms. The van der Waals surface area contributed by atoms with Gasteiger partial charge in [0.05, 0.1) is 0 Å². The molecule has 0 saturated carbocycles. The molecule has 0 bridgehead atoms. The third kappa shape index (κ3) is 3.05. The fourth-order valence-electron chi connectivity index (χ4n) is 1.83. The summed E-state index contributed by atoms with van der Waals surface area (Å²) < 4.78 is 6.82. The molecular formula is C15H15BrO2. The lowest BCUT2D eigenvalue weighted by Gasteiger charge is -2.10. The van der Waals surface area contributed by atoms with Crippen LogP contribution in [-0.2, 0) is 6.61 Å². The van der Waals surface area contributed by atoms with Gasteiger partial charge in [0.1, 0.15) is 18.1 Å². The van der Waals surface area contributed by atoms with E-state index in [-0.39, 0.29) is 5.75 Å². The highest BCUT2D eigenvalue weighted by Crippen LogP contribution is 2.23. The zero-order valence-corrected chi connectivity index (χ0v) is 12.0. The second kappa shape index (κ2) is 5.44. The van der Waals surface area contributed by atoms with Gasteiger partial charge in [-0.15, -0.1) is 0 Å². The van der Waals surface area contributed by atoms with Gasteiger partial charge >= 0.3 is 0 Å². The van der Waals surface area contributed by atoms with Gasteiger partial charge in [0, 0.05) is 4.47 Å². The first-order valence-electron chi connectivity index (χ1n) is 5.74. The van der Waals surface area contributed by atoms with Gasteiger partial charge < -0.3 is 9.84 Å². The van der Waals surface area contributed by atoms with Gasteiger partial charge in [0.15, 0.2) is 0 Å². The van der Waals surface area contributed by atoms with Crippen LogP contribution in [0, 0.1) is 13.8 Å². The van der Waals surface area contributed by atoms with Crippen LogP contribution in [0.25, 0.3) is 0 Å². The molecule has 0 heterocycles. The van der Waals surface area contributed by atoms with Crippen molar-refractivity contribution in [1.82, 2.24) is 0 Å². The summed E-state index contributed by atoms with van der Waals surface area (Å²) in [4.78, 5) is 0. The maximum atomic E-state index is 9.18. The van der Waals surface area contributed by atoms with Crippen LogP contribution in [0.5, 0.6) is 11.5 Å². The largest absolute Gasteiger partial charge is 0.508 e. The molecule has 0 radical (unpaired) electrons. The number of aryl methyl sites for hydroxylation is 2. The molecule has 94 valence electrons. The number of rotatable bonds is 3. The van der Waals surface area contributed by atoms with Crippen molar-refractivity contribution in [2.24, 2.45) is 0 Å². The number of ether oxygens (including phenoxy) is 1. The molecule has 18 heavy (non-hydrogen) atoms. The molecule has 0 saturated heterocycles. The van der Waals surface area contributed by atoms with E-state index in [9.17, 15) is 5.11 Å². The summed E-state index contributed by atoms with van der Waals surface area (Å²) in [6, 6.07) is 11.0.